The number of thioether (sulfide) groups is 1. The molecule has 0 aliphatic carbocycles. The van der Waals surface area contributed by atoms with Crippen LogP contribution in [0, 0.1) is 0 Å². The zero-order valence-corrected chi connectivity index (χ0v) is 25.3. The number of nitrogen functional groups attached to an aromatic ring is 1. The highest BCUT2D eigenvalue weighted by molar-refractivity contribution is 8.00. The van der Waals surface area contributed by atoms with Gasteiger partial charge in [-0.1, -0.05) is 5.16 Å². The lowest BCUT2D eigenvalue weighted by molar-refractivity contribution is -0.179. The average molecular weight is 626 g/mol. The zero-order chi connectivity index (χ0) is 31.6. The van der Waals surface area contributed by atoms with E-state index in [-0.39, 0.29) is 33.6 Å². The lowest BCUT2D eigenvalue weighted by atomic mass is 10.0. The van der Waals surface area contributed by atoms with Crippen LogP contribution < -0.4 is 11.1 Å². The first-order chi connectivity index (χ1) is 19.4. The molecule has 0 unspecified atom stereocenters. The summed E-state index contributed by atoms with van der Waals surface area (Å²) in [6.45, 7) is 8.63. The van der Waals surface area contributed by atoms with Crippen LogP contribution in [0.3, 0.4) is 0 Å². The number of rotatable bonds is 11. The van der Waals surface area contributed by atoms with Gasteiger partial charge in [0.25, 0.3) is 11.8 Å². The number of thiazole rings is 1. The number of Topliss-reactive ketones (excluding diaryl/α,β-unsaturated/α-hetero) is 1. The number of nitrogens with two attached hydrogens (primary N) is 1. The molecule has 228 valence electrons. The molecular weight excluding hydrogens is 594 g/mol. The van der Waals surface area contributed by atoms with E-state index in [1.165, 1.54) is 26.2 Å². The van der Waals surface area contributed by atoms with Crippen molar-refractivity contribution >= 4 is 69.4 Å². The number of fused-ring (bicyclic) bond motifs is 1. The number of esters is 2. The van der Waals surface area contributed by atoms with Crippen molar-refractivity contribution in [1.29, 1.82) is 0 Å². The molecule has 1 saturated heterocycles. The van der Waals surface area contributed by atoms with Crippen molar-refractivity contribution in [2.75, 3.05) is 18.1 Å². The van der Waals surface area contributed by atoms with Crippen LogP contribution in [-0.2, 0) is 43.1 Å². The van der Waals surface area contributed by atoms with Crippen molar-refractivity contribution in [3.8, 4) is 0 Å². The first-order valence-corrected chi connectivity index (χ1v) is 14.4. The van der Waals surface area contributed by atoms with Gasteiger partial charge in [0.15, 0.2) is 10.8 Å². The number of carboxylic acids is 1. The lowest BCUT2D eigenvalue weighted by Gasteiger charge is -2.49. The molecule has 1 fully saturated rings. The number of hydrogen-bond acceptors (Lipinski definition) is 14. The summed E-state index contributed by atoms with van der Waals surface area (Å²) in [4.78, 5) is 84.3. The van der Waals surface area contributed by atoms with Crippen molar-refractivity contribution in [1.82, 2.24) is 15.2 Å². The maximum atomic E-state index is 13.3. The van der Waals surface area contributed by atoms with Crippen LogP contribution in [0.4, 0.5) is 5.13 Å². The number of anilines is 1. The first-order valence-electron chi connectivity index (χ1n) is 12.5. The number of β-lactam (4-membered cyclic amide) rings is 1. The van der Waals surface area contributed by atoms with Gasteiger partial charge in [0.1, 0.15) is 47.2 Å². The van der Waals surface area contributed by atoms with E-state index in [4.69, 9.17) is 20.0 Å². The van der Waals surface area contributed by atoms with E-state index in [9.17, 15) is 33.9 Å². The fourth-order valence-electron chi connectivity index (χ4n) is 3.62. The quantitative estimate of drug-likeness (QED) is 0.102. The molecule has 3 heterocycles. The number of carbonyl (C=O) groups is 6. The minimum Gasteiger partial charge on any atom is -0.477 e. The fourth-order valence-corrected chi connectivity index (χ4v) is 5.50. The van der Waals surface area contributed by atoms with Gasteiger partial charge in [-0.15, -0.1) is 23.1 Å². The number of aromatic nitrogens is 1. The maximum Gasteiger partial charge on any atom is 0.353 e. The van der Waals surface area contributed by atoms with Gasteiger partial charge >= 0.3 is 17.9 Å². The Kier molecular flexibility index (Phi) is 9.66. The van der Waals surface area contributed by atoms with Crippen LogP contribution in [0.2, 0.25) is 0 Å². The molecule has 2 aliphatic rings. The number of nitrogens with zero attached hydrogens (tertiary/aromatic N) is 3. The van der Waals surface area contributed by atoms with Gasteiger partial charge in [-0.2, -0.15) is 0 Å². The molecular formula is C25H31N5O10S2. The van der Waals surface area contributed by atoms with E-state index >= 15 is 0 Å². The van der Waals surface area contributed by atoms with Gasteiger partial charge in [0, 0.05) is 16.7 Å². The molecule has 0 saturated carbocycles. The molecule has 2 aliphatic heterocycles. The van der Waals surface area contributed by atoms with Crippen LogP contribution in [0.25, 0.3) is 0 Å². The number of ketones is 1. The van der Waals surface area contributed by atoms with Crippen LogP contribution in [-0.4, -0.2) is 91.2 Å². The highest BCUT2D eigenvalue weighted by atomic mass is 32.2. The van der Waals surface area contributed by atoms with Crippen molar-refractivity contribution in [3.05, 3.63) is 22.3 Å². The minimum absolute atomic E-state index is 0.0238. The Morgan fingerprint density at radius 1 is 1.21 bits per heavy atom. The summed E-state index contributed by atoms with van der Waals surface area (Å²) in [6, 6.07) is -1.14. The number of carboxylic acid groups (broad SMARTS) is 1. The summed E-state index contributed by atoms with van der Waals surface area (Å²) in [7, 11) is 0. The molecule has 0 bridgehead atoms. The van der Waals surface area contributed by atoms with E-state index in [0.717, 1.165) is 28.0 Å². The second-order valence-corrected chi connectivity index (χ2v) is 12.8. The molecule has 4 N–H and O–H groups in total. The molecule has 15 nitrogen and oxygen atoms in total. The molecule has 42 heavy (non-hydrogen) atoms. The van der Waals surface area contributed by atoms with Crippen molar-refractivity contribution < 1.29 is 48.2 Å². The van der Waals surface area contributed by atoms with Crippen LogP contribution in [0.15, 0.2) is 21.8 Å². The van der Waals surface area contributed by atoms with Crippen LogP contribution in [0.5, 0.6) is 0 Å². The normalized spacial score (nSPS) is 19.0. The van der Waals surface area contributed by atoms with Gasteiger partial charge in [-0.05, 0) is 41.5 Å². The second-order valence-electron chi connectivity index (χ2n) is 10.8. The number of ether oxygens (including phenoxy) is 2. The number of amides is 2. The van der Waals surface area contributed by atoms with E-state index in [0.29, 0.717) is 0 Å². The number of oxime groups is 1. The fraction of sp³-hybridized carbons (Fsp3) is 0.520. The smallest absolute Gasteiger partial charge is 0.353 e. The molecule has 1 aromatic rings. The van der Waals surface area contributed by atoms with Crippen LogP contribution in [0.1, 0.15) is 53.7 Å². The third-order valence-electron chi connectivity index (χ3n) is 5.57. The summed E-state index contributed by atoms with van der Waals surface area (Å²) in [6.07, 6.45) is -0.463. The summed E-state index contributed by atoms with van der Waals surface area (Å²) in [5, 5.41) is 17.0. The Morgan fingerprint density at radius 3 is 2.43 bits per heavy atom. The van der Waals surface area contributed by atoms with E-state index in [1.54, 1.807) is 20.8 Å². The predicted molar refractivity (Wildman–Crippen MR) is 150 cm³/mol. The van der Waals surface area contributed by atoms with Gasteiger partial charge in [0.2, 0.25) is 5.60 Å². The molecule has 2 atom stereocenters. The molecule has 17 heteroatoms. The number of nitrogens with one attached hydrogen (secondary N) is 1. The monoisotopic (exact) mass is 625 g/mol. The Hall–Kier alpha value is -3.99. The summed E-state index contributed by atoms with van der Waals surface area (Å²) in [5.74, 6) is -4.93. The Labute approximate surface area is 248 Å². The average Bonchev–Trinajstić information content (AvgIpc) is 3.29. The topological polar surface area (TPSA) is 217 Å². The molecule has 3 rings (SSSR count). The Balaban J connectivity index is 1.79. The minimum atomic E-state index is -1.60. The Morgan fingerprint density at radius 2 is 1.88 bits per heavy atom. The first kappa shape index (κ1) is 32.5. The Bertz CT molecular complexity index is 1380. The molecule has 1 aromatic heterocycles. The largest absolute Gasteiger partial charge is 0.477 e. The molecule has 0 aromatic carbocycles. The number of hydrogen-bond donors (Lipinski definition) is 3. The van der Waals surface area contributed by atoms with E-state index in [2.05, 4.69) is 15.5 Å². The van der Waals surface area contributed by atoms with E-state index < -0.39 is 71.2 Å². The summed E-state index contributed by atoms with van der Waals surface area (Å²) in [5.41, 5.74) is 2.75. The van der Waals surface area contributed by atoms with Gasteiger partial charge in [0.05, 0.1) is 0 Å². The highest BCUT2D eigenvalue weighted by Crippen LogP contribution is 2.40. The van der Waals surface area contributed by atoms with E-state index in [1.807, 2.05) is 0 Å². The van der Waals surface area contributed by atoms with Gasteiger partial charge < -0.3 is 30.5 Å². The highest BCUT2D eigenvalue weighted by Gasteiger charge is 2.54. The summed E-state index contributed by atoms with van der Waals surface area (Å²) < 4.78 is 10.3. The lowest BCUT2D eigenvalue weighted by Crippen LogP contribution is -2.71. The molecule has 2 amide bonds. The maximum absolute atomic E-state index is 13.3. The third-order valence-corrected chi connectivity index (χ3v) is 7.59. The van der Waals surface area contributed by atoms with Gasteiger partial charge in [-0.3, -0.25) is 24.1 Å². The zero-order valence-electron chi connectivity index (χ0n) is 23.7. The molecule has 0 radical (unpaired) electrons. The van der Waals surface area contributed by atoms with Gasteiger partial charge in [-0.25, -0.2) is 14.6 Å². The SMILES string of the molecule is CC(=O)CC(=O)OCC1=C(C(=O)O)N2C(=O)[C@H](NC(=O)/C(=N\OC(C)(C)C(=O)OC(C)(C)C)c3csc(N)n3)[C@H]2SC1. The standard InChI is InChI=1S/C25H31N5O10S2/c1-11(31)7-14(32)38-8-12-9-41-20-16(19(34)30(20)17(12)21(35)36)28-18(33)15(13-10-42-23(26)27-13)29-40-25(5,6)22(37)39-24(2,3)4/h10,16,20H,7-9H2,1-6H3,(H2,26,27)(H,28,33)(H,35,36)/b29-15-/t16-,20+/m0/s1. The number of aliphatic carboxylic acids is 1. The summed E-state index contributed by atoms with van der Waals surface area (Å²) >= 11 is 2.17. The molecule has 0 spiro atoms. The third kappa shape index (κ3) is 7.64. The van der Waals surface area contributed by atoms with Crippen LogP contribution >= 0.6 is 23.1 Å². The van der Waals surface area contributed by atoms with Crippen molar-refractivity contribution in [2.45, 2.75) is 70.6 Å². The van der Waals surface area contributed by atoms with Crippen molar-refractivity contribution in [2.24, 2.45) is 5.16 Å². The van der Waals surface area contributed by atoms with Crippen molar-refractivity contribution in [3.63, 3.8) is 0 Å². The predicted octanol–water partition coefficient (Wildman–Crippen LogP) is 0.827. The number of carbonyl (C=O) groups excluding carboxylic acids is 5. The second kappa shape index (κ2) is 12.5.